The number of carbonyl (C=O) groups is 3. The Labute approximate surface area is 252 Å². The Morgan fingerprint density at radius 2 is 1.81 bits per heavy atom. The lowest BCUT2D eigenvalue weighted by atomic mass is 9.73. The fourth-order valence-corrected chi connectivity index (χ4v) is 6.70. The van der Waals surface area contributed by atoms with Crippen LogP contribution in [0.1, 0.15) is 87.8 Å². The van der Waals surface area contributed by atoms with Gasteiger partial charge in [0, 0.05) is 23.3 Å². The second-order valence-corrected chi connectivity index (χ2v) is 13.7. The van der Waals surface area contributed by atoms with E-state index in [0.29, 0.717) is 18.4 Å². The van der Waals surface area contributed by atoms with E-state index < -0.39 is 35.6 Å². The molecule has 0 bridgehead atoms. The van der Waals surface area contributed by atoms with Gasteiger partial charge in [-0.05, 0) is 56.4 Å². The van der Waals surface area contributed by atoms with Gasteiger partial charge in [-0.15, -0.1) is 11.3 Å². The predicted octanol–water partition coefficient (Wildman–Crippen LogP) is 5.21. The molecule has 228 valence electrons. The largest absolute Gasteiger partial charge is 0.458 e. The number of hydrogen-bond donors (Lipinski definition) is 2. The van der Waals surface area contributed by atoms with Crippen LogP contribution in [0.2, 0.25) is 0 Å². The van der Waals surface area contributed by atoms with Crippen LogP contribution >= 0.6 is 11.3 Å². The molecule has 2 fully saturated rings. The molecule has 4 rings (SSSR count). The zero-order chi connectivity index (χ0) is 30.8. The maximum Gasteiger partial charge on any atom is 0.309 e. The van der Waals surface area contributed by atoms with E-state index in [2.05, 4.69) is 4.98 Å². The lowest BCUT2D eigenvalue weighted by Gasteiger charge is -2.34. The summed E-state index contributed by atoms with van der Waals surface area (Å²) in [5.74, 6) is -1.83. The Hall–Kier alpha value is -2.88. The number of Topliss-reactive ketones (excluding diaryl/α,β-unsaturated/α-hetero) is 1. The first-order valence-corrected chi connectivity index (χ1v) is 15.8. The number of thiazole rings is 1. The van der Waals surface area contributed by atoms with Gasteiger partial charge >= 0.3 is 5.97 Å². The summed E-state index contributed by atoms with van der Waals surface area (Å²) in [4.78, 5) is 46.6. The standard InChI is InChI=1S/C33H44N2O6S/c1-19-11-10-14-25-26(35(25)32(40)23-12-8-7-9-13-23)16-27(20(2)15-24-18-42-22(4)34-24)41-29(37)17-28(36)33(5,6)31(39)21(3)30(19)38/h7-9,12-13,15,18-19,21,25-28,30,36,38H,10-11,14,16-17H2,1-6H3/b20-15+/t19-,21+,25+,26?,27?,28-,30-,35?/m0/s1. The predicted molar refractivity (Wildman–Crippen MR) is 163 cm³/mol. The Kier molecular flexibility index (Phi) is 10.1. The highest BCUT2D eigenvalue weighted by molar-refractivity contribution is 7.09. The molecular weight excluding hydrogens is 552 g/mol. The van der Waals surface area contributed by atoms with Gasteiger partial charge in [0.2, 0.25) is 0 Å². The van der Waals surface area contributed by atoms with Crippen molar-refractivity contribution < 1.29 is 29.3 Å². The first kappa shape index (κ1) is 32.0. The van der Waals surface area contributed by atoms with Gasteiger partial charge < -0.3 is 19.8 Å². The van der Waals surface area contributed by atoms with Crippen LogP contribution in [0.3, 0.4) is 0 Å². The number of amides is 1. The molecule has 2 unspecified atom stereocenters. The third kappa shape index (κ3) is 7.18. The maximum atomic E-state index is 13.5. The van der Waals surface area contributed by atoms with E-state index in [1.807, 2.05) is 55.3 Å². The first-order chi connectivity index (χ1) is 19.8. The number of aromatic nitrogens is 1. The van der Waals surface area contributed by atoms with E-state index in [1.165, 1.54) is 11.3 Å². The number of aliphatic hydroxyl groups excluding tert-OH is 2. The normalized spacial score (nSPS) is 31.3. The molecule has 3 heterocycles. The lowest BCUT2D eigenvalue weighted by molar-refractivity contribution is -0.154. The number of ether oxygens (including phenoxy) is 1. The molecule has 0 spiro atoms. The minimum atomic E-state index is -1.29. The summed E-state index contributed by atoms with van der Waals surface area (Å²) in [5.41, 5.74) is 0.921. The average Bonchev–Trinajstić information content (AvgIpc) is 3.47. The molecule has 2 aromatic rings. The number of aryl methyl sites for hydroxylation is 1. The molecule has 2 N–H and O–H groups in total. The first-order valence-electron chi connectivity index (χ1n) is 14.9. The van der Waals surface area contributed by atoms with Crippen molar-refractivity contribution in [2.45, 2.75) is 104 Å². The lowest BCUT2D eigenvalue weighted by Crippen LogP contribution is -2.45. The summed E-state index contributed by atoms with van der Waals surface area (Å²) in [6.07, 6.45) is 1.33. The van der Waals surface area contributed by atoms with Gasteiger partial charge in [-0.3, -0.25) is 14.4 Å². The van der Waals surface area contributed by atoms with Crippen molar-refractivity contribution in [1.29, 1.82) is 0 Å². The zero-order valence-corrected chi connectivity index (χ0v) is 26.3. The van der Waals surface area contributed by atoms with Crippen LogP contribution in [0.4, 0.5) is 0 Å². The smallest absolute Gasteiger partial charge is 0.309 e. The SMILES string of the molecule is C/C(=C\c1csc(C)n1)C1CC2[C@@H](CCC[C@H](C)[C@H](O)[C@@H](C)C(=O)C(C)(C)[C@@H](O)CC(=O)O1)N2C(=O)c1ccccc1. The van der Waals surface area contributed by atoms with Crippen LogP contribution in [-0.4, -0.2) is 68.2 Å². The fraction of sp³-hybridized carbons (Fsp3) is 0.576. The third-order valence-electron chi connectivity index (χ3n) is 9.07. The van der Waals surface area contributed by atoms with E-state index in [-0.39, 0.29) is 36.1 Å². The van der Waals surface area contributed by atoms with Crippen molar-refractivity contribution in [2.24, 2.45) is 17.3 Å². The maximum absolute atomic E-state index is 13.5. The Morgan fingerprint density at radius 3 is 2.45 bits per heavy atom. The number of hydrogen-bond acceptors (Lipinski definition) is 8. The van der Waals surface area contributed by atoms with E-state index in [9.17, 15) is 24.6 Å². The molecular formula is C33H44N2O6S. The van der Waals surface area contributed by atoms with E-state index >= 15 is 0 Å². The molecule has 1 amide bonds. The monoisotopic (exact) mass is 596 g/mol. The summed E-state index contributed by atoms with van der Waals surface area (Å²) in [5, 5.41) is 24.9. The number of aliphatic hydroxyl groups is 2. The van der Waals surface area contributed by atoms with Crippen LogP contribution in [0.5, 0.6) is 0 Å². The van der Waals surface area contributed by atoms with E-state index in [1.54, 1.807) is 32.9 Å². The van der Waals surface area contributed by atoms with Gasteiger partial charge in [-0.1, -0.05) is 52.3 Å². The van der Waals surface area contributed by atoms with E-state index in [0.717, 1.165) is 29.1 Å². The van der Waals surface area contributed by atoms with Gasteiger partial charge in [0.15, 0.2) is 0 Å². The van der Waals surface area contributed by atoms with Crippen LogP contribution in [0.15, 0.2) is 41.3 Å². The second-order valence-electron chi connectivity index (χ2n) is 12.6. The number of esters is 1. The highest BCUT2D eigenvalue weighted by Crippen LogP contribution is 2.40. The number of carbonyl (C=O) groups excluding carboxylic acids is 3. The van der Waals surface area contributed by atoms with Crippen LogP contribution in [0.25, 0.3) is 6.08 Å². The molecule has 9 heteroatoms. The molecule has 2 saturated heterocycles. The number of nitrogens with zero attached hydrogens (tertiary/aromatic N) is 2. The van der Waals surface area contributed by atoms with Crippen molar-refractivity contribution in [2.75, 3.05) is 0 Å². The van der Waals surface area contributed by atoms with Gasteiger partial charge in [0.05, 0.1) is 46.8 Å². The number of fused-ring (bicyclic) bond motifs is 1. The van der Waals surface area contributed by atoms with Crippen LogP contribution in [-0.2, 0) is 14.3 Å². The molecule has 8 nitrogen and oxygen atoms in total. The number of rotatable bonds is 3. The summed E-state index contributed by atoms with van der Waals surface area (Å²) in [6.45, 7) is 10.6. The van der Waals surface area contributed by atoms with Crippen LogP contribution in [0, 0.1) is 24.2 Å². The molecule has 2 aliphatic rings. The van der Waals surface area contributed by atoms with Gasteiger partial charge in [0.25, 0.3) is 5.91 Å². The Bertz CT molecular complexity index is 1300. The van der Waals surface area contributed by atoms with Gasteiger partial charge in [-0.2, -0.15) is 0 Å². The molecule has 0 aliphatic carbocycles. The van der Waals surface area contributed by atoms with Gasteiger partial charge in [-0.25, -0.2) is 4.98 Å². The number of cyclic esters (lactones) is 1. The summed E-state index contributed by atoms with van der Waals surface area (Å²) in [6, 6.07) is 9.00. The second kappa shape index (κ2) is 13.2. The Morgan fingerprint density at radius 1 is 1.12 bits per heavy atom. The highest BCUT2D eigenvalue weighted by Gasteiger charge is 2.52. The van der Waals surface area contributed by atoms with Crippen molar-refractivity contribution in [1.82, 2.24) is 9.88 Å². The minimum Gasteiger partial charge on any atom is -0.458 e. The molecule has 2 aliphatic heterocycles. The average molecular weight is 597 g/mol. The van der Waals surface area contributed by atoms with Crippen molar-refractivity contribution in [3.63, 3.8) is 0 Å². The summed E-state index contributed by atoms with van der Waals surface area (Å²) < 4.78 is 6.00. The van der Waals surface area contributed by atoms with Crippen molar-refractivity contribution >= 4 is 35.1 Å². The van der Waals surface area contributed by atoms with Crippen molar-refractivity contribution in [3.05, 3.63) is 57.6 Å². The number of benzene rings is 1. The fourth-order valence-electron chi connectivity index (χ4n) is 6.13. The minimum absolute atomic E-state index is 0.0333. The molecule has 1 aromatic carbocycles. The molecule has 0 saturated carbocycles. The highest BCUT2D eigenvalue weighted by atomic mass is 32.1. The summed E-state index contributed by atoms with van der Waals surface area (Å²) in [7, 11) is 0. The molecule has 1 aromatic heterocycles. The zero-order valence-electron chi connectivity index (χ0n) is 25.4. The third-order valence-corrected chi connectivity index (χ3v) is 9.86. The van der Waals surface area contributed by atoms with Gasteiger partial charge in [0.1, 0.15) is 11.9 Å². The number of ketones is 1. The van der Waals surface area contributed by atoms with E-state index in [4.69, 9.17) is 4.74 Å². The Balaban J connectivity index is 1.65. The molecule has 7 atom stereocenters. The quantitative estimate of drug-likeness (QED) is 0.369. The summed E-state index contributed by atoms with van der Waals surface area (Å²) >= 11 is 1.53. The topological polar surface area (TPSA) is 117 Å². The molecule has 42 heavy (non-hydrogen) atoms. The molecule has 0 radical (unpaired) electrons. The van der Waals surface area contributed by atoms with Crippen molar-refractivity contribution in [3.8, 4) is 0 Å². The van der Waals surface area contributed by atoms with Crippen LogP contribution < -0.4 is 0 Å².